The number of aromatic nitrogens is 1. The molecule has 0 bridgehead atoms. The molecule has 86 valence electrons. The minimum Gasteiger partial charge on any atom is -0.311 e. The summed E-state index contributed by atoms with van der Waals surface area (Å²) in [5.41, 5.74) is 1.95. The SMILES string of the molecule is c1cncc(C2CCC3(CCCN3)CC2)c1. The van der Waals surface area contributed by atoms with E-state index < -0.39 is 0 Å². The van der Waals surface area contributed by atoms with Crippen molar-refractivity contribution in [2.45, 2.75) is 50.0 Å². The summed E-state index contributed by atoms with van der Waals surface area (Å²) < 4.78 is 0. The van der Waals surface area contributed by atoms with Crippen LogP contribution in [0, 0.1) is 0 Å². The van der Waals surface area contributed by atoms with Crippen molar-refractivity contribution in [1.29, 1.82) is 0 Å². The Morgan fingerprint density at radius 1 is 1.25 bits per heavy atom. The van der Waals surface area contributed by atoms with Crippen molar-refractivity contribution in [3.8, 4) is 0 Å². The molecule has 1 spiro atoms. The van der Waals surface area contributed by atoms with Crippen LogP contribution in [0.1, 0.15) is 50.0 Å². The number of hydrogen-bond donors (Lipinski definition) is 1. The van der Waals surface area contributed by atoms with Crippen molar-refractivity contribution in [3.63, 3.8) is 0 Å². The summed E-state index contributed by atoms with van der Waals surface area (Å²) >= 11 is 0. The molecule has 2 fully saturated rings. The molecule has 1 N–H and O–H groups in total. The Hall–Kier alpha value is -0.890. The van der Waals surface area contributed by atoms with Crippen LogP contribution in [0.2, 0.25) is 0 Å². The van der Waals surface area contributed by atoms with Gasteiger partial charge in [0.05, 0.1) is 0 Å². The molecule has 1 aromatic rings. The number of nitrogens with zero attached hydrogens (tertiary/aromatic N) is 1. The van der Waals surface area contributed by atoms with Crippen LogP contribution in [0.15, 0.2) is 24.5 Å². The van der Waals surface area contributed by atoms with Crippen molar-refractivity contribution in [1.82, 2.24) is 10.3 Å². The molecule has 0 atom stereocenters. The maximum Gasteiger partial charge on any atom is 0.0302 e. The highest BCUT2D eigenvalue weighted by Crippen LogP contribution is 2.41. The van der Waals surface area contributed by atoms with Gasteiger partial charge in [-0.3, -0.25) is 4.98 Å². The van der Waals surface area contributed by atoms with E-state index in [2.05, 4.69) is 22.4 Å². The van der Waals surface area contributed by atoms with Crippen molar-refractivity contribution >= 4 is 0 Å². The highest BCUT2D eigenvalue weighted by molar-refractivity contribution is 5.16. The second-order valence-electron chi connectivity index (χ2n) is 5.37. The van der Waals surface area contributed by atoms with Crippen LogP contribution in [0.4, 0.5) is 0 Å². The zero-order chi connectivity index (χ0) is 10.8. The first-order valence-corrected chi connectivity index (χ1v) is 6.53. The third-order valence-corrected chi connectivity index (χ3v) is 4.43. The van der Waals surface area contributed by atoms with E-state index in [4.69, 9.17) is 0 Å². The summed E-state index contributed by atoms with van der Waals surface area (Å²) in [5.74, 6) is 0.752. The molecule has 2 nitrogen and oxygen atoms in total. The Morgan fingerprint density at radius 3 is 2.75 bits per heavy atom. The highest BCUT2D eigenvalue weighted by Gasteiger charge is 2.37. The lowest BCUT2D eigenvalue weighted by Gasteiger charge is -2.37. The first kappa shape index (κ1) is 10.3. The van der Waals surface area contributed by atoms with Gasteiger partial charge >= 0.3 is 0 Å². The molecule has 0 radical (unpaired) electrons. The van der Waals surface area contributed by atoms with E-state index in [0.29, 0.717) is 5.54 Å². The smallest absolute Gasteiger partial charge is 0.0302 e. The Morgan fingerprint density at radius 2 is 2.12 bits per heavy atom. The van der Waals surface area contributed by atoms with Crippen LogP contribution in [0.3, 0.4) is 0 Å². The van der Waals surface area contributed by atoms with Crippen LogP contribution in [-0.4, -0.2) is 17.1 Å². The Kier molecular flexibility index (Phi) is 2.68. The third kappa shape index (κ3) is 1.86. The van der Waals surface area contributed by atoms with Crippen molar-refractivity contribution in [2.75, 3.05) is 6.54 Å². The summed E-state index contributed by atoms with van der Waals surface area (Å²) in [4.78, 5) is 4.23. The van der Waals surface area contributed by atoms with Gasteiger partial charge in [0.1, 0.15) is 0 Å². The van der Waals surface area contributed by atoms with Gasteiger partial charge in [0.15, 0.2) is 0 Å². The molecule has 1 saturated carbocycles. The summed E-state index contributed by atoms with van der Waals surface area (Å²) in [6.07, 6.45) is 12.1. The van der Waals surface area contributed by atoms with E-state index in [9.17, 15) is 0 Å². The van der Waals surface area contributed by atoms with Gasteiger partial charge in [0, 0.05) is 17.9 Å². The number of rotatable bonds is 1. The number of pyridine rings is 1. The molecule has 0 unspecified atom stereocenters. The fourth-order valence-electron chi connectivity index (χ4n) is 3.42. The summed E-state index contributed by atoms with van der Waals surface area (Å²) in [6.45, 7) is 1.23. The van der Waals surface area contributed by atoms with Crippen LogP contribution < -0.4 is 5.32 Å². The third-order valence-electron chi connectivity index (χ3n) is 4.43. The van der Waals surface area contributed by atoms with Gasteiger partial charge in [0.25, 0.3) is 0 Å². The maximum absolute atomic E-state index is 4.23. The minimum atomic E-state index is 0.513. The van der Waals surface area contributed by atoms with Crippen LogP contribution >= 0.6 is 0 Å². The quantitative estimate of drug-likeness (QED) is 0.780. The second kappa shape index (κ2) is 4.17. The minimum absolute atomic E-state index is 0.513. The van der Waals surface area contributed by atoms with E-state index >= 15 is 0 Å². The van der Waals surface area contributed by atoms with Gasteiger partial charge in [-0.15, -0.1) is 0 Å². The van der Waals surface area contributed by atoms with Gasteiger partial charge in [-0.25, -0.2) is 0 Å². The lowest BCUT2D eigenvalue weighted by Crippen LogP contribution is -2.42. The topological polar surface area (TPSA) is 24.9 Å². The summed E-state index contributed by atoms with van der Waals surface area (Å²) in [6, 6.07) is 4.30. The molecule has 1 aromatic heterocycles. The molecule has 2 heteroatoms. The molecule has 2 aliphatic rings. The molecule has 2 heterocycles. The standard InChI is InChI=1S/C14H20N2/c1-3-13(11-15-9-1)12-4-7-14(8-5-12)6-2-10-16-14/h1,3,9,11-12,16H,2,4-8,10H2. The van der Waals surface area contributed by atoms with E-state index in [0.717, 1.165) is 5.92 Å². The Balaban J connectivity index is 1.66. The fourth-order valence-corrected chi connectivity index (χ4v) is 3.42. The molecule has 1 saturated heterocycles. The molecule has 0 aromatic carbocycles. The van der Waals surface area contributed by atoms with E-state index in [1.165, 1.54) is 50.6 Å². The average molecular weight is 216 g/mol. The predicted molar refractivity (Wildman–Crippen MR) is 65.4 cm³/mol. The number of nitrogens with one attached hydrogen (secondary N) is 1. The maximum atomic E-state index is 4.23. The average Bonchev–Trinajstić information content (AvgIpc) is 2.80. The molecule has 1 aliphatic carbocycles. The van der Waals surface area contributed by atoms with E-state index in [-0.39, 0.29) is 0 Å². The monoisotopic (exact) mass is 216 g/mol. The van der Waals surface area contributed by atoms with Crippen LogP contribution in [0.5, 0.6) is 0 Å². The van der Waals surface area contributed by atoms with E-state index in [1.54, 1.807) is 0 Å². The zero-order valence-corrected chi connectivity index (χ0v) is 9.78. The van der Waals surface area contributed by atoms with Gasteiger partial charge in [-0.1, -0.05) is 6.07 Å². The predicted octanol–water partition coefficient (Wildman–Crippen LogP) is 2.86. The van der Waals surface area contributed by atoms with Gasteiger partial charge in [-0.05, 0) is 62.6 Å². The molecule has 0 amide bonds. The van der Waals surface area contributed by atoms with Crippen LogP contribution in [0.25, 0.3) is 0 Å². The van der Waals surface area contributed by atoms with Crippen LogP contribution in [-0.2, 0) is 0 Å². The Labute approximate surface area is 97.5 Å². The lowest BCUT2D eigenvalue weighted by atomic mass is 9.74. The fraction of sp³-hybridized carbons (Fsp3) is 0.643. The summed E-state index contributed by atoms with van der Waals surface area (Å²) in [5, 5.41) is 3.73. The largest absolute Gasteiger partial charge is 0.311 e. The first-order chi connectivity index (χ1) is 7.88. The van der Waals surface area contributed by atoms with Gasteiger partial charge < -0.3 is 5.32 Å². The van der Waals surface area contributed by atoms with Crippen molar-refractivity contribution in [2.24, 2.45) is 0 Å². The zero-order valence-electron chi connectivity index (χ0n) is 9.78. The normalized spacial score (nSPS) is 34.4. The molecule has 3 rings (SSSR count). The second-order valence-corrected chi connectivity index (χ2v) is 5.37. The molecule has 1 aliphatic heterocycles. The Bertz CT molecular complexity index is 331. The van der Waals surface area contributed by atoms with Gasteiger partial charge in [0.2, 0.25) is 0 Å². The van der Waals surface area contributed by atoms with Crippen molar-refractivity contribution in [3.05, 3.63) is 30.1 Å². The molecular weight excluding hydrogens is 196 g/mol. The highest BCUT2D eigenvalue weighted by atomic mass is 15.0. The molecular formula is C14H20N2. The van der Waals surface area contributed by atoms with E-state index in [1.807, 2.05) is 12.4 Å². The van der Waals surface area contributed by atoms with Crippen molar-refractivity contribution < 1.29 is 0 Å². The number of hydrogen-bond acceptors (Lipinski definition) is 2. The lowest BCUT2D eigenvalue weighted by molar-refractivity contribution is 0.244. The van der Waals surface area contributed by atoms with Gasteiger partial charge in [-0.2, -0.15) is 0 Å². The first-order valence-electron chi connectivity index (χ1n) is 6.53. The summed E-state index contributed by atoms with van der Waals surface area (Å²) in [7, 11) is 0. The molecule has 16 heavy (non-hydrogen) atoms.